The topological polar surface area (TPSA) is 58.4 Å². The Labute approximate surface area is 175 Å². The predicted octanol–water partition coefficient (Wildman–Crippen LogP) is 4.68. The number of rotatable bonds is 4. The molecule has 0 saturated carbocycles. The van der Waals surface area contributed by atoms with Gasteiger partial charge in [-0.25, -0.2) is 4.98 Å². The summed E-state index contributed by atoms with van der Waals surface area (Å²) in [4.78, 5) is 19.8. The Balaban J connectivity index is 1.23. The lowest BCUT2D eigenvalue weighted by molar-refractivity contribution is 0.0883. The number of fused-ring (bicyclic) bond motifs is 2. The Morgan fingerprint density at radius 2 is 1.87 bits per heavy atom. The van der Waals surface area contributed by atoms with Gasteiger partial charge < -0.3 is 9.73 Å². The van der Waals surface area contributed by atoms with Gasteiger partial charge in [0.25, 0.3) is 5.91 Å². The van der Waals surface area contributed by atoms with Crippen molar-refractivity contribution in [2.75, 3.05) is 13.1 Å². The van der Waals surface area contributed by atoms with Crippen LogP contribution in [0.4, 0.5) is 0 Å². The summed E-state index contributed by atoms with van der Waals surface area (Å²) in [6.07, 6.45) is 1.89. The number of carbonyl (C=O) groups is 1. The Bertz CT molecular complexity index is 1190. The minimum atomic E-state index is -0.158. The fourth-order valence-corrected chi connectivity index (χ4v) is 4.18. The third-order valence-electron chi connectivity index (χ3n) is 5.85. The van der Waals surface area contributed by atoms with Crippen molar-refractivity contribution in [3.8, 4) is 0 Å². The van der Waals surface area contributed by atoms with Crippen molar-refractivity contribution in [1.29, 1.82) is 0 Å². The molecule has 5 heteroatoms. The van der Waals surface area contributed by atoms with Crippen molar-refractivity contribution in [1.82, 2.24) is 15.2 Å². The Morgan fingerprint density at radius 1 is 1.07 bits per heavy atom. The zero-order chi connectivity index (χ0) is 20.5. The standard InChI is InChI=1S/C25H25N3O2/c1-17-7-8-19-14-20-15-23(30-25(20)27-22(19)13-17)24(29)26-21-9-11-28(12-10-21)16-18-5-3-2-4-6-18/h2-8,13-15,21H,9-12,16H2,1H3,(H,26,29). The molecule has 1 fully saturated rings. The van der Waals surface area contributed by atoms with E-state index in [0.717, 1.165) is 54.3 Å². The van der Waals surface area contributed by atoms with Gasteiger partial charge in [0.15, 0.2) is 5.76 Å². The van der Waals surface area contributed by atoms with E-state index in [1.165, 1.54) is 5.56 Å². The summed E-state index contributed by atoms with van der Waals surface area (Å²) in [5, 5.41) is 5.05. The van der Waals surface area contributed by atoms with E-state index in [1.807, 2.05) is 31.2 Å². The molecule has 152 valence electrons. The predicted molar refractivity (Wildman–Crippen MR) is 118 cm³/mol. The number of benzene rings is 2. The summed E-state index contributed by atoms with van der Waals surface area (Å²) in [6.45, 7) is 4.96. The van der Waals surface area contributed by atoms with Crippen molar-refractivity contribution >= 4 is 27.9 Å². The van der Waals surface area contributed by atoms with Gasteiger partial charge in [0, 0.05) is 36.4 Å². The fourth-order valence-electron chi connectivity index (χ4n) is 4.18. The van der Waals surface area contributed by atoms with Gasteiger partial charge in [0.1, 0.15) is 0 Å². The van der Waals surface area contributed by atoms with Crippen LogP contribution in [0.1, 0.15) is 34.5 Å². The molecule has 1 N–H and O–H groups in total. The van der Waals surface area contributed by atoms with Crippen LogP contribution in [0.15, 0.2) is 65.1 Å². The van der Waals surface area contributed by atoms with E-state index in [9.17, 15) is 4.79 Å². The lowest BCUT2D eigenvalue weighted by atomic mass is 10.0. The molecule has 5 rings (SSSR count). The Kier molecular flexibility index (Phi) is 4.97. The summed E-state index contributed by atoms with van der Waals surface area (Å²) in [5.74, 6) is 0.172. The smallest absolute Gasteiger partial charge is 0.287 e. The highest BCUT2D eigenvalue weighted by Crippen LogP contribution is 2.24. The maximum atomic E-state index is 12.8. The van der Waals surface area contributed by atoms with E-state index in [2.05, 4.69) is 45.5 Å². The normalized spacial score (nSPS) is 15.6. The van der Waals surface area contributed by atoms with Crippen LogP contribution in [0.2, 0.25) is 0 Å². The summed E-state index contributed by atoms with van der Waals surface area (Å²) in [6, 6.07) is 20.7. The summed E-state index contributed by atoms with van der Waals surface area (Å²) < 4.78 is 5.79. The number of pyridine rings is 1. The molecular weight excluding hydrogens is 374 g/mol. The fraction of sp³-hybridized carbons (Fsp3) is 0.280. The second-order valence-corrected chi connectivity index (χ2v) is 8.20. The number of nitrogens with one attached hydrogen (secondary N) is 1. The molecule has 0 spiro atoms. The second kappa shape index (κ2) is 7.92. The lowest BCUT2D eigenvalue weighted by Gasteiger charge is -2.32. The van der Waals surface area contributed by atoms with Gasteiger partial charge in [-0.1, -0.05) is 42.5 Å². The number of furan rings is 1. The minimum absolute atomic E-state index is 0.158. The molecule has 1 amide bonds. The van der Waals surface area contributed by atoms with Gasteiger partial charge in [0.05, 0.1) is 5.52 Å². The first kappa shape index (κ1) is 18.8. The van der Waals surface area contributed by atoms with Crippen LogP contribution in [0, 0.1) is 6.92 Å². The van der Waals surface area contributed by atoms with E-state index >= 15 is 0 Å². The third kappa shape index (κ3) is 3.94. The minimum Gasteiger partial charge on any atom is -0.433 e. The molecule has 30 heavy (non-hydrogen) atoms. The number of hydrogen-bond donors (Lipinski definition) is 1. The molecule has 0 atom stereocenters. The number of likely N-dealkylation sites (tertiary alicyclic amines) is 1. The zero-order valence-electron chi connectivity index (χ0n) is 17.1. The van der Waals surface area contributed by atoms with Crippen molar-refractivity contribution in [2.45, 2.75) is 32.4 Å². The monoisotopic (exact) mass is 399 g/mol. The SMILES string of the molecule is Cc1ccc2cc3cc(C(=O)NC4CCN(Cc5ccccc5)CC4)oc3nc2c1. The van der Waals surface area contributed by atoms with Crippen LogP contribution in [-0.2, 0) is 6.54 Å². The number of aryl methyl sites for hydroxylation is 1. The molecular formula is C25H25N3O2. The number of carbonyl (C=O) groups excluding carboxylic acids is 1. The maximum absolute atomic E-state index is 12.8. The van der Waals surface area contributed by atoms with Crippen LogP contribution in [-0.4, -0.2) is 34.9 Å². The van der Waals surface area contributed by atoms with Crippen LogP contribution in [0.25, 0.3) is 22.0 Å². The van der Waals surface area contributed by atoms with E-state index in [1.54, 1.807) is 6.07 Å². The molecule has 3 heterocycles. The first-order valence-electron chi connectivity index (χ1n) is 10.5. The summed E-state index contributed by atoms with van der Waals surface area (Å²) in [7, 11) is 0. The Hall–Kier alpha value is -3.18. The van der Waals surface area contributed by atoms with Crippen LogP contribution in [0.5, 0.6) is 0 Å². The van der Waals surface area contributed by atoms with Gasteiger partial charge in [-0.2, -0.15) is 0 Å². The van der Waals surface area contributed by atoms with Crippen molar-refractivity contribution in [2.24, 2.45) is 0 Å². The van der Waals surface area contributed by atoms with Gasteiger partial charge in [-0.15, -0.1) is 0 Å². The molecule has 0 unspecified atom stereocenters. The quantitative estimate of drug-likeness (QED) is 0.541. The highest BCUT2D eigenvalue weighted by atomic mass is 16.4. The molecule has 2 aromatic heterocycles. The number of amides is 1. The summed E-state index contributed by atoms with van der Waals surface area (Å²) in [5.41, 5.74) is 3.88. The van der Waals surface area contributed by atoms with E-state index in [-0.39, 0.29) is 11.9 Å². The van der Waals surface area contributed by atoms with Crippen molar-refractivity contribution in [3.63, 3.8) is 0 Å². The molecule has 2 aromatic carbocycles. The number of aromatic nitrogens is 1. The first-order valence-corrected chi connectivity index (χ1v) is 10.5. The Morgan fingerprint density at radius 3 is 2.67 bits per heavy atom. The zero-order valence-corrected chi connectivity index (χ0v) is 17.1. The average molecular weight is 399 g/mol. The molecule has 0 radical (unpaired) electrons. The maximum Gasteiger partial charge on any atom is 0.287 e. The largest absolute Gasteiger partial charge is 0.433 e. The van der Waals surface area contributed by atoms with Crippen molar-refractivity contribution in [3.05, 3.63) is 77.6 Å². The van der Waals surface area contributed by atoms with E-state index < -0.39 is 0 Å². The van der Waals surface area contributed by atoms with Gasteiger partial charge in [0.2, 0.25) is 5.71 Å². The van der Waals surface area contributed by atoms with Crippen LogP contribution in [0.3, 0.4) is 0 Å². The van der Waals surface area contributed by atoms with E-state index in [0.29, 0.717) is 11.5 Å². The molecule has 0 bridgehead atoms. The molecule has 1 aliphatic rings. The number of nitrogens with zero attached hydrogens (tertiary/aromatic N) is 2. The lowest BCUT2D eigenvalue weighted by Crippen LogP contribution is -2.44. The average Bonchev–Trinajstić information content (AvgIpc) is 3.17. The molecule has 5 nitrogen and oxygen atoms in total. The highest BCUT2D eigenvalue weighted by Gasteiger charge is 2.23. The van der Waals surface area contributed by atoms with Gasteiger partial charge in [-0.05, 0) is 49.1 Å². The summed E-state index contributed by atoms with van der Waals surface area (Å²) >= 11 is 0. The second-order valence-electron chi connectivity index (χ2n) is 8.20. The van der Waals surface area contributed by atoms with Gasteiger partial charge in [-0.3, -0.25) is 9.69 Å². The number of hydrogen-bond acceptors (Lipinski definition) is 4. The molecule has 1 saturated heterocycles. The van der Waals surface area contributed by atoms with Crippen molar-refractivity contribution < 1.29 is 9.21 Å². The first-order chi connectivity index (χ1) is 14.6. The third-order valence-corrected chi connectivity index (χ3v) is 5.85. The molecule has 0 aliphatic carbocycles. The van der Waals surface area contributed by atoms with E-state index in [4.69, 9.17) is 4.42 Å². The van der Waals surface area contributed by atoms with Crippen LogP contribution < -0.4 is 5.32 Å². The highest BCUT2D eigenvalue weighted by molar-refractivity contribution is 5.98. The molecule has 1 aliphatic heterocycles. The number of piperidine rings is 1. The molecule has 4 aromatic rings. The van der Waals surface area contributed by atoms with Gasteiger partial charge >= 0.3 is 0 Å². The van der Waals surface area contributed by atoms with Crippen LogP contribution >= 0.6 is 0 Å².